The van der Waals surface area contributed by atoms with Gasteiger partial charge in [-0.25, -0.2) is 0 Å². The molecule has 0 aliphatic carbocycles. The molecule has 2 N–H and O–H groups in total. The summed E-state index contributed by atoms with van der Waals surface area (Å²) in [5, 5.41) is 12.2. The van der Waals surface area contributed by atoms with Gasteiger partial charge in [0.1, 0.15) is 0 Å². The van der Waals surface area contributed by atoms with Crippen molar-refractivity contribution < 1.29 is 9.90 Å². The van der Waals surface area contributed by atoms with Crippen molar-refractivity contribution in [3.63, 3.8) is 0 Å². The lowest BCUT2D eigenvalue weighted by atomic mass is 9.89. The zero-order chi connectivity index (χ0) is 16.7. The van der Waals surface area contributed by atoms with Gasteiger partial charge in [-0.3, -0.25) is 9.69 Å². The van der Waals surface area contributed by atoms with E-state index in [0.717, 1.165) is 32.4 Å². The molecule has 1 aromatic carbocycles. The molecule has 1 unspecified atom stereocenters. The highest BCUT2D eigenvalue weighted by Crippen LogP contribution is 2.21. The molecule has 1 amide bonds. The Labute approximate surface area is 139 Å². The van der Waals surface area contributed by atoms with Crippen molar-refractivity contribution in [2.24, 2.45) is 5.41 Å². The fourth-order valence-electron chi connectivity index (χ4n) is 3.13. The summed E-state index contributed by atoms with van der Waals surface area (Å²) in [6.45, 7) is 6.73. The van der Waals surface area contributed by atoms with Gasteiger partial charge in [-0.05, 0) is 36.8 Å². The number of piperidine rings is 1. The number of amides is 1. The highest BCUT2D eigenvalue weighted by atomic mass is 16.3. The predicted molar refractivity (Wildman–Crippen MR) is 93.0 cm³/mol. The summed E-state index contributed by atoms with van der Waals surface area (Å²) in [7, 11) is 0. The number of carbonyl (C=O) groups excluding carboxylic acids is 1. The minimum absolute atomic E-state index is 0.0334. The van der Waals surface area contributed by atoms with E-state index < -0.39 is 0 Å². The zero-order valence-corrected chi connectivity index (χ0v) is 14.4. The van der Waals surface area contributed by atoms with Crippen molar-refractivity contribution in [3.05, 3.63) is 35.9 Å². The molecule has 2 rings (SSSR count). The lowest BCUT2D eigenvalue weighted by Gasteiger charge is -2.35. The summed E-state index contributed by atoms with van der Waals surface area (Å²) in [5.41, 5.74) is 1.19. The normalized spacial score (nSPS) is 19.5. The molecule has 1 aromatic rings. The van der Waals surface area contributed by atoms with Gasteiger partial charge >= 0.3 is 0 Å². The first-order chi connectivity index (χ1) is 11.0. The van der Waals surface area contributed by atoms with Gasteiger partial charge < -0.3 is 10.4 Å². The van der Waals surface area contributed by atoms with E-state index in [-0.39, 0.29) is 24.0 Å². The van der Waals surface area contributed by atoms with E-state index in [9.17, 15) is 4.79 Å². The maximum absolute atomic E-state index is 12.6. The number of nitrogens with zero attached hydrogens (tertiary/aromatic N) is 1. The Kier molecular flexibility index (Phi) is 6.60. The smallest absolute Gasteiger partial charge is 0.237 e. The van der Waals surface area contributed by atoms with E-state index in [1.807, 2.05) is 18.2 Å². The van der Waals surface area contributed by atoms with Crippen LogP contribution >= 0.6 is 0 Å². The van der Waals surface area contributed by atoms with Gasteiger partial charge in [0.25, 0.3) is 0 Å². The van der Waals surface area contributed by atoms with Crippen LogP contribution in [0.3, 0.4) is 0 Å². The Morgan fingerprint density at radius 2 is 2.04 bits per heavy atom. The molecule has 1 fully saturated rings. The largest absolute Gasteiger partial charge is 0.396 e. The predicted octanol–water partition coefficient (Wildman–Crippen LogP) is 2.57. The van der Waals surface area contributed by atoms with E-state index in [0.29, 0.717) is 13.0 Å². The van der Waals surface area contributed by atoms with Crippen molar-refractivity contribution in [1.29, 1.82) is 0 Å². The number of hydrogen-bond acceptors (Lipinski definition) is 3. The summed E-state index contributed by atoms with van der Waals surface area (Å²) in [6, 6.07) is 10.3. The second-order valence-electron chi connectivity index (χ2n) is 7.32. The molecule has 0 bridgehead atoms. The molecule has 0 spiro atoms. The summed E-state index contributed by atoms with van der Waals surface area (Å²) in [4.78, 5) is 14.9. The van der Waals surface area contributed by atoms with Crippen molar-refractivity contribution in [1.82, 2.24) is 10.2 Å². The molecule has 1 heterocycles. The third-order valence-electron chi connectivity index (χ3n) is 4.67. The maximum atomic E-state index is 12.6. The average molecular weight is 318 g/mol. The Bertz CT molecular complexity index is 487. The fourth-order valence-corrected chi connectivity index (χ4v) is 3.13. The molecular weight excluding hydrogens is 288 g/mol. The number of benzene rings is 1. The highest BCUT2D eigenvalue weighted by Gasteiger charge is 2.29. The first kappa shape index (κ1) is 18.0. The van der Waals surface area contributed by atoms with Crippen molar-refractivity contribution in [2.75, 3.05) is 19.7 Å². The third-order valence-corrected chi connectivity index (χ3v) is 4.67. The lowest BCUT2D eigenvalue weighted by molar-refractivity contribution is -0.128. The molecule has 4 nitrogen and oxygen atoms in total. The quantitative estimate of drug-likeness (QED) is 0.812. The Morgan fingerprint density at radius 3 is 2.74 bits per heavy atom. The Balaban J connectivity index is 1.93. The molecule has 0 saturated carbocycles. The van der Waals surface area contributed by atoms with Crippen LogP contribution in [0.5, 0.6) is 0 Å². The SMILES string of the molecule is CC(C)(CCO)CNC(=O)C1CCCCN1Cc1ccccc1. The van der Waals surface area contributed by atoms with E-state index >= 15 is 0 Å². The lowest BCUT2D eigenvalue weighted by Crippen LogP contribution is -2.50. The van der Waals surface area contributed by atoms with Crippen LogP contribution in [0, 0.1) is 5.41 Å². The molecule has 1 aliphatic rings. The van der Waals surface area contributed by atoms with Gasteiger partial charge in [0.05, 0.1) is 6.04 Å². The van der Waals surface area contributed by atoms with Gasteiger partial charge in [-0.2, -0.15) is 0 Å². The average Bonchev–Trinajstić information content (AvgIpc) is 2.54. The number of rotatable bonds is 7. The third kappa shape index (κ3) is 5.63. The van der Waals surface area contributed by atoms with Crippen LogP contribution in [0.15, 0.2) is 30.3 Å². The Hall–Kier alpha value is -1.39. The first-order valence-corrected chi connectivity index (χ1v) is 8.68. The van der Waals surface area contributed by atoms with Crippen LogP contribution in [0.25, 0.3) is 0 Å². The van der Waals surface area contributed by atoms with E-state index in [4.69, 9.17) is 5.11 Å². The van der Waals surface area contributed by atoms with Crippen molar-refractivity contribution >= 4 is 5.91 Å². The summed E-state index contributed by atoms with van der Waals surface area (Å²) in [6.07, 6.45) is 3.90. The standard InChI is InChI=1S/C19H30N2O2/c1-19(2,11-13-22)15-20-18(23)17-10-6-7-12-21(17)14-16-8-4-3-5-9-16/h3-5,8-9,17,22H,6-7,10-15H2,1-2H3,(H,20,23). The number of aliphatic hydroxyl groups excluding tert-OH is 1. The van der Waals surface area contributed by atoms with E-state index in [1.54, 1.807) is 0 Å². The molecule has 128 valence electrons. The fraction of sp³-hybridized carbons (Fsp3) is 0.632. The number of nitrogens with one attached hydrogen (secondary N) is 1. The van der Waals surface area contributed by atoms with Crippen LogP contribution < -0.4 is 5.32 Å². The minimum Gasteiger partial charge on any atom is -0.396 e. The van der Waals surface area contributed by atoms with Crippen LogP contribution in [0.4, 0.5) is 0 Å². The van der Waals surface area contributed by atoms with E-state index in [1.165, 1.54) is 5.56 Å². The molecule has 0 radical (unpaired) electrons. The second kappa shape index (κ2) is 8.46. The minimum atomic E-state index is -0.0661. The molecule has 1 atom stereocenters. The van der Waals surface area contributed by atoms with Gasteiger partial charge in [0.2, 0.25) is 5.91 Å². The number of likely N-dealkylation sites (tertiary alicyclic amines) is 1. The summed E-state index contributed by atoms with van der Waals surface area (Å²) >= 11 is 0. The molecule has 1 aliphatic heterocycles. The molecule has 1 saturated heterocycles. The van der Waals surface area contributed by atoms with Gasteiger partial charge in [0.15, 0.2) is 0 Å². The van der Waals surface area contributed by atoms with Crippen LogP contribution in [-0.2, 0) is 11.3 Å². The van der Waals surface area contributed by atoms with Crippen LogP contribution in [0.2, 0.25) is 0 Å². The summed E-state index contributed by atoms with van der Waals surface area (Å²) < 4.78 is 0. The number of aliphatic hydroxyl groups is 1. The molecule has 0 aromatic heterocycles. The van der Waals surface area contributed by atoms with Crippen LogP contribution in [0.1, 0.15) is 45.1 Å². The molecule has 23 heavy (non-hydrogen) atoms. The molecule has 4 heteroatoms. The van der Waals surface area contributed by atoms with Crippen molar-refractivity contribution in [3.8, 4) is 0 Å². The van der Waals surface area contributed by atoms with Gasteiger partial charge in [-0.1, -0.05) is 50.6 Å². The summed E-state index contributed by atoms with van der Waals surface area (Å²) in [5.74, 6) is 0.131. The zero-order valence-electron chi connectivity index (χ0n) is 14.4. The van der Waals surface area contributed by atoms with Gasteiger partial charge in [-0.15, -0.1) is 0 Å². The van der Waals surface area contributed by atoms with E-state index in [2.05, 4.69) is 36.2 Å². The first-order valence-electron chi connectivity index (χ1n) is 8.68. The Morgan fingerprint density at radius 1 is 1.30 bits per heavy atom. The topological polar surface area (TPSA) is 52.6 Å². The highest BCUT2D eigenvalue weighted by molar-refractivity contribution is 5.81. The number of carbonyl (C=O) groups is 1. The second-order valence-corrected chi connectivity index (χ2v) is 7.32. The maximum Gasteiger partial charge on any atom is 0.237 e. The monoisotopic (exact) mass is 318 g/mol. The van der Waals surface area contributed by atoms with Crippen LogP contribution in [-0.4, -0.2) is 41.7 Å². The van der Waals surface area contributed by atoms with Gasteiger partial charge in [0, 0.05) is 19.7 Å². The number of hydrogen-bond donors (Lipinski definition) is 2. The van der Waals surface area contributed by atoms with Crippen molar-refractivity contribution in [2.45, 2.75) is 52.1 Å². The molecular formula is C19H30N2O2.